The second-order valence-electron chi connectivity index (χ2n) is 6.87. The van der Waals surface area contributed by atoms with E-state index in [9.17, 15) is 14.4 Å². The molecule has 0 radical (unpaired) electrons. The van der Waals surface area contributed by atoms with E-state index >= 15 is 0 Å². The smallest absolute Gasteiger partial charge is 0.328 e. The number of rotatable bonds is 6. The number of hydrogen-bond acceptors (Lipinski definition) is 5. The fraction of sp³-hybridized carbons (Fsp3) is 0.800. The van der Waals surface area contributed by atoms with Gasteiger partial charge in [0.1, 0.15) is 5.54 Å². The summed E-state index contributed by atoms with van der Waals surface area (Å²) in [5.41, 5.74) is -0.891. The third-order valence-electron chi connectivity index (χ3n) is 5.23. The largest absolute Gasteiger partial charge is 0.468 e. The molecule has 0 aromatic heterocycles. The van der Waals surface area contributed by atoms with Crippen LogP contribution in [0.5, 0.6) is 0 Å². The van der Waals surface area contributed by atoms with Crippen molar-refractivity contribution in [3.8, 4) is 0 Å². The molecular formula is C15H20N2O4. The zero-order valence-corrected chi connectivity index (χ0v) is 12.1. The molecule has 114 valence electrons. The monoisotopic (exact) mass is 292 g/mol. The van der Waals surface area contributed by atoms with Gasteiger partial charge in [0.15, 0.2) is 0 Å². The summed E-state index contributed by atoms with van der Waals surface area (Å²) in [5, 5.41) is 3.39. The topological polar surface area (TPSA) is 75.7 Å². The number of amides is 2. The van der Waals surface area contributed by atoms with E-state index in [-0.39, 0.29) is 42.1 Å². The highest BCUT2D eigenvalue weighted by Crippen LogP contribution is 2.49. The number of hydrogen-bond donors (Lipinski definition) is 1. The normalized spacial score (nSPS) is 33.7. The van der Waals surface area contributed by atoms with E-state index < -0.39 is 5.54 Å². The molecule has 4 fully saturated rings. The van der Waals surface area contributed by atoms with Crippen LogP contribution in [-0.2, 0) is 19.1 Å². The highest BCUT2D eigenvalue weighted by molar-refractivity contribution is 6.09. The van der Waals surface area contributed by atoms with Crippen LogP contribution in [0.1, 0.15) is 32.1 Å². The molecule has 0 bridgehead atoms. The lowest BCUT2D eigenvalue weighted by atomic mass is 9.91. The van der Waals surface area contributed by atoms with Crippen LogP contribution in [0.2, 0.25) is 0 Å². The van der Waals surface area contributed by atoms with Gasteiger partial charge >= 0.3 is 5.97 Å². The van der Waals surface area contributed by atoms with Gasteiger partial charge in [0.25, 0.3) is 0 Å². The molecule has 1 aliphatic heterocycles. The summed E-state index contributed by atoms with van der Waals surface area (Å²) in [5.74, 6) is -0.602. The molecule has 3 unspecified atom stereocenters. The molecule has 21 heavy (non-hydrogen) atoms. The predicted molar refractivity (Wildman–Crippen MR) is 71.9 cm³/mol. The van der Waals surface area contributed by atoms with Crippen molar-refractivity contribution in [1.29, 1.82) is 0 Å². The number of methoxy groups -OCH3 is 1. The third-order valence-corrected chi connectivity index (χ3v) is 5.23. The van der Waals surface area contributed by atoms with E-state index in [1.54, 1.807) is 0 Å². The average Bonchev–Trinajstić information content (AvgIpc) is 3.35. The Bertz CT molecular complexity index is 506. The van der Waals surface area contributed by atoms with Crippen molar-refractivity contribution in [2.45, 2.75) is 43.7 Å². The lowest BCUT2D eigenvalue weighted by Gasteiger charge is -2.35. The van der Waals surface area contributed by atoms with E-state index in [0.29, 0.717) is 12.5 Å². The maximum Gasteiger partial charge on any atom is 0.328 e. The van der Waals surface area contributed by atoms with Gasteiger partial charge in [0.2, 0.25) is 11.8 Å². The first-order chi connectivity index (χ1) is 10.1. The Labute approximate surface area is 123 Å². The summed E-state index contributed by atoms with van der Waals surface area (Å²) >= 11 is 0. The number of carbonyl (C=O) groups is 3. The van der Waals surface area contributed by atoms with Crippen LogP contribution >= 0.6 is 0 Å². The van der Waals surface area contributed by atoms with Gasteiger partial charge in [-0.25, -0.2) is 4.79 Å². The SMILES string of the molecule is COC(=O)C(CN1C(=O)C2CC2C1=O)(NC1CC1)C1CC1. The minimum atomic E-state index is -0.891. The molecule has 0 aromatic rings. The molecule has 6 heteroatoms. The number of fused-ring (bicyclic) bond motifs is 1. The Morgan fingerprint density at radius 2 is 1.86 bits per heavy atom. The molecule has 4 rings (SSSR count). The van der Waals surface area contributed by atoms with Gasteiger partial charge in [-0.05, 0) is 38.0 Å². The van der Waals surface area contributed by atoms with E-state index in [2.05, 4.69) is 5.32 Å². The fourth-order valence-electron chi connectivity index (χ4n) is 3.59. The highest BCUT2D eigenvalue weighted by atomic mass is 16.5. The van der Waals surface area contributed by atoms with Crippen molar-refractivity contribution in [2.75, 3.05) is 13.7 Å². The number of likely N-dealkylation sites (tertiary alicyclic amines) is 1. The molecule has 1 saturated heterocycles. The predicted octanol–water partition coefficient (Wildman–Crippen LogP) is 0.0651. The van der Waals surface area contributed by atoms with Crippen molar-refractivity contribution in [3.63, 3.8) is 0 Å². The summed E-state index contributed by atoms with van der Waals surface area (Å²) in [4.78, 5) is 38.2. The average molecular weight is 292 g/mol. The zero-order chi connectivity index (χ0) is 14.8. The van der Waals surface area contributed by atoms with Crippen molar-refractivity contribution in [3.05, 3.63) is 0 Å². The molecule has 2 amide bonds. The van der Waals surface area contributed by atoms with Crippen LogP contribution in [0.15, 0.2) is 0 Å². The van der Waals surface area contributed by atoms with Crippen LogP contribution in [0.4, 0.5) is 0 Å². The fourth-order valence-corrected chi connectivity index (χ4v) is 3.59. The first-order valence-electron chi connectivity index (χ1n) is 7.78. The van der Waals surface area contributed by atoms with Crippen molar-refractivity contribution < 1.29 is 19.1 Å². The lowest BCUT2D eigenvalue weighted by Crippen LogP contribution is -2.63. The summed E-state index contributed by atoms with van der Waals surface area (Å²) < 4.78 is 5.01. The highest BCUT2D eigenvalue weighted by Gasteiger charge is 2.63. The molecule has 1 heterocycles. The number of imide groups is 1. The minimum absolute atomic E-state index is 0.100. The number of carbonyl (C=O) groups excluding carboxylic acids is 3. The molecule has 1 N–H and O–H groups in total. The first kappa shape index (κ1) is 13.2. The Kier molecular flexibility index (Phi) is 2.70. The number of nitrogens with zero attached hydrogens (tertiary/aromatic N) is 1. The summed E-state index contributed by atoms with van der Waals surface area (Å²) in [6.07, 6.45) is 4.66. The Balaban J connectivity index is 1.60. The molecule has 3 saturated carbocycles. The van der Waals surface area contributed by atoms with E-state index in [0.717, 1.165) is 25.7 Å². The lowest BCUT2D eigenvalue weighted by molar-refractivity contribution is -0.153. The molecular weight excluding hydrogens is 272 g/mol. The van der Waals surface area contributed by atoms with Gasteiger partial charge in [0, 0.05) is 6.04 Å². The second-order valence-corrected chi connectivity index (χ2v) is 6.87. The van der Waals surface area contributed by atoms with E-state index in [1.807, 2.05) is 0 Å². The van der Waals surface area contributed by atoms with Crippen LogP contribution < -0.4 is 5.32 Å². The number of piperidine rings is 1. The van der Waals surface area contributed by atoms with Gasteiger partial charge in [-0.3, -0.25) is 19.8 Å². The van der Waals surface area contributed by atoms with E-state index in [4.69, 9.17) is 4.74 Å². The van der Waals surface area contributed by atoms with Crippen molar-refractivity contribution >= 4 is 17.8 Å². The molecule has 0 aromatic carbocycles. The molecule has 3 atom stereocenters. The van der Waals surface area contributed by atoms with Crippen LogP contribution in [0.25, 0.3) is 0 Å². The van der Waals surface area contributed by atoms with Crippen LogP contribution in [0.3, 0.4) is 0 Å². The summed E-state index contributed by atoms with van der Waals surface area (Å²) in [6.45, 7) is 0.144. The molecule has 0 spiro atoms. The van der Waals surface area contributed by atoms with Crippen LogP contribution in [-0.4, -0.2) is 47.9 Å². The molecule has 4 aliphatic rings. The number of ether oxygens (including phenoxy) is 1. The third kappa shape index (κ3) is 1.99. The van der Waals surface area contributed by atoms with Crippen LogP contribution in [0, 0.1) is 17.8 Å². The van der Waals surface area contributed by atoms with Gasteiger partial charge in [-0.2, -0.15) is 0 Å². The maximum atomic E-state index is 12.4. The number of nitrogens with one attached hydrogen (secondary N) is 1. The quantitative estimate of drug-likeness (QED) is 0.553. The standard InChI is InChI=1S/C15H20N2O4/c1-21-14(20)15(8-2-3-8,16-9-4-5-9)7-17-12(18)10-6-11(10)13(17)19/h8-11,16H,2-7H2,1H3. The summed E-state index contributed by atoms with van der Waals surface area (Å²) in [6, 6.07) is 0.312. The maximum absolute atomic E-state index is 12.4. The minimum Gasteiger partial charge on any atom is -0.468 e. The van der Waals surface area contributed by atoms with Gasteiger partial charge in [0.05, 0.1) is 25.5 Å². The van der Waals surface area contributed by atoms with Gasteiger partial charge in [-0.1, -0.05) is 0 Å². The Morgan fingerprint density at radius 3 is 2.33 bits per heavy atom. The Hall–Kier alpha value is -1.43. The summed E-state index contributed by atoms with van der Waals surface area (Å²) in [7, 11) is 1.37. The number of esters is 1. The van der Waals surface area contributed by atoms with Crippen molar-refractivity contribution in [1.82, 2.24) is 10.2 Å². The molecule has 6 nitrogen and oxygen atoms in total. The van der Waals surface area contributed by atoms with Gasteiger partial charge in [-0.15, -0.1) is 0 Å². The Morgan fingerprint density at radius 1 is 1.24 bits per heavy atom. The second kappa shape index (κ2) is 4.29. The zero-order valence-electron chi connectivity index (χ0n) is 12.1. The van der Waals surface area contributed by atoms with Gasteiger partial charge < -0.3 is 4.74 Å². The van der Waals surface area contributed by atoms with Crippen molar-refractivity contribution in [2.24, 2.45) is 17.8 Å². The first-order valence-corrected chi connectivity index (χ1v) is 7.78. The van der Waals surface area contributed by atoms with E-state index in [1.165, 1.54) is 12.0 Å². The molecule has 3 aliphatic carbocycles.